The van der Waals surface area contributed by atoms with Crippen molar-refractivity contribution in [2.24, 2.45) is 5.92 Å². The van der Waals surface area contributed by atoms with Crippen molar-refractivity contribution in [1.29, 1.82) is 0 Å². The lowest BCUT2D eigenvalue weighted by Gasteiger charge is -2.39. The smallest absolute Gasteiger partial charge is 0.249 e. The summed E-state index contributed by atoms with van der Waals surface area (Å²) >= 11 is 0. The van der Waals surface area contributed by atoms with E-state index in [4.69, 9.17) is 0 Å². The van der Waals surface area contributed by atoms with Crippen molar-refractivity contribution in [3.63, 3.8) is 0 Å². The van der Waals surface area contributed by atoms with Crippen LogP contribution < -0.4 is 15.1 Å². The Balaban J connectivity index is 1.96. The molecule has 1 atom stereocenters. The molecule has 150 valence electrons. The van der Waals surface area contributed by atoms with Crippen LogP contribution in [0.5, 0.6) is 5.75 Å². The number of nitrogens with zero attached hydrogens (tertiary/aromatic N) is 4. The molecule has 2 N–H and O–H groups in total. The predicted octanol–water partition coefficient (Wildman–Crippen LogP) is 3.42. The first-order valence-electron chi connectivity index (χ1n) is 9.05. The molecule has 9 heteroatoms. The van der Waals surface area contributed by atoms with E-state index in [9.17, 15) is 18.7 Å². The molecule has 0 bridgehead atoms. The van der Waals surface area contributed by atoms with E-state index in [1.165, 1.54) is 11.1 Å². The summed E-state index contributed by atoms with van der Waals surface area (Å²) in [5, 5.41) is 12.0. The lowest BCUT2D eigenvalue weighted by Crippen LogP contribution is -2.51. The fourth-order valence-electron chi connectivity index (χ4n) is 3.05. The summed E-state index contributed by atoms with van der Waals surface area (Å²) in [5.41, 5.74) is 0.634. The maximum Gasteiger partial charge on any atom is 0.249 e. The van der Waals surface area contributed by atoms with Crippen molar-refractivity contribution in [2.45, 2.75) is 33.2 Å². The second-order valence-electron chi connectivity index (χ2n) is 7.27. The van der Waals surface area contributed by atoms with Crippen LogP contribution in [0.25, 0.3) is 0 Å². The zero-order valence-corrected chi connectivity index (χ0v) is 16.2. The van der Waals surface area contributed by atoms with Crippen molar-refractivity contribution in [1.82, 2.24) is 9.97 Å². The number of anilines is 4. The first kappa shape index (κ1) is 19.8. The van der Waals surface area contributed by atoms with Crippen LogP contribution in [0, 0.1) is 17.6 Å². The molecule has 0 fully saturated rings. The molecule has 1 aromatic heterocycles. The van der Waals surface area contributed by atoms with E-state index in [-0.39, 0.29) is 23.6 Å². The van der Waals surface area contributed by atoms with Gasteiger partial charge in [-0.3, -0.25) is 4.79 Å². The van der Waals surface area contributed by atoms with Crippen molar-refractivity contribution in [3.05, 3.63) is 30.0 Å². The molecule has 2 aromatic rings. The van der Waals surface area contributed by atoms with E-state index in [0.29, 0.717) is 24.0 Å². The number of rotatable bonds is 5. The normalized spacial score (nSPS) is 16.5. The van der Waals surface area contributed by atoms with Gasteiger partial charge in [0.05, 0.1) is 6.20 Å². The van der Waals surface area contributed by atoms with Gasteiger partial charge in [-0.1, -0.05) is 13.8 Å². The van der Waals surface area contributed by atoms with Crippen molar-refractivity contribution in [3.8, 4) is 5.75 Å². The number of phenolic OH excluding ortho intramolecular Hbond substituents is 1. The van der Waals surface area contributed by atoms with Crippen LogP contribution in [0.1, 0.15) is 27.2 Å². The number of carbonyl (C=O) groups is 1. The van der Waals surface area contributed by atoms with Gasteiger partial charge < -0.3 is 20.2 Å². The summed E-state index contributed by atoms with van der Waals surface area (Å²) in [6, 6.07) is 1.52. The molecule has 28 heavy (non-hydrogen) atoms. The van der Waals surface area contributed by atoms with Crippen molar-refractivity contribution < 1.29 is 18.7 Å². The number of aromatic nitrogens is 2. The number of benzene rings is 1. The van der Waals surface area contributed by atoms with E-state index in [1.807, 2.05) is 11.8 Å². The molecule has 0 aliphatic carbocycles. The number of nitrogens with one attached hydrogen (secondary N) is 1. The molecule has 1 aliphatic rings. The number of carbonyl (C=O) groups excluding carboxylic acids is 1. The Labute approximate surface area is 162 Å². The maximum absolute atomic E-state index is 13.6. The summed E-state index contributed by atoms with van der Waals surface area (Å²) in [6.07, 6.45) is 2.38. The average Bonchev–Trinajstić information content (AvgIpc) is 2.64. The third-order valence-corrected chi connectivity index (χ3v) is 4.76. The highest BCUT2D eigenvalue weighted by molar-refractivity contribution is 6.04. The van der Waals surface area contributed by atoms with Gasteiger partial charge in [-0.15, -0.1) is 0 Å². The Morgan fingerprint density at radius 1 is 1.29 bits per heavy atom. The van der Waals surface area contributed by atoms with Crippen LogP contribution in [0.3, 0.4) is 0 Å². The summed E-state index contributed by atoms with van der Waals surface area (Å²) in [6.45, 7) is 6.67. The quantitative estimate of drug-likeness (QED) is 0.760. The topological polar surface area (TPSA) is 81.6 Å². The Bertz CT molecular complexity index is 883. The zero-order valence-electron chi connectivity index (χ0n) is 16.2. The Morgan fingerprint density at radius 3 is 2.54 bits per heavy atom. The number of hydrogen-bond donors (Lipinski definition) is 2. The molecule has 7 nitrogen and oxygen atoms in total. The minimum absolute atomic E-state index is 0.0526. The molecule has 0 unspecified atom stereocenters. The Morgan fingerprint density at radius 2 is 1.93 bits per heavy atom. The number of likely N-dealkylation sites (N-methyl/N-ethyl adjacent to an activating group) is 1. The summed E-state index contributed by atoms with van der Waals surface area (Å²) in [7, 11) is 1.67. The highest BCUT2D eigenvalue weighted by atomic mass is 19.1. The van der Waals surface area contributed by atoms with Crippen LogP contribution >= 0.6 is 0 Å². The van der Waals surface area contributed by atoms with Gasteiger partial charge in [-0.2, -0.15) is 4.98 Å². The molecule has 1 aromatic carbocycles. The standard InChI is InChI=1S/C19H23F2N5O2/c1-10(2)5-6-26-11(3)18(28)25(4)15-9-22-19(24-17(15)26)23-12-7-13(20)16(27)14(21)8-12/h7-11,27H,5-6H2,1-4H3,(H,22,23,24)/t11-/m0/s1. The fourth-order valence-corrected chi connectivity index (χ4v) is 3.05. The minimum atomic E-state index is -1.09. The van der Waals surface area contributed by atoms with Gasteiger partial charge >= 0.3 is 0 Å². The first-order chi connectivity index (χ1) is 13.2. The van der Waals surface area contributed by atoms with Crippen LogP contribution in [-0.4, -0.2) is 40.6 Å². The summed E-state index contributed by atoms with van der Waals surface area (Å²) < 4.78 is 27.2. The van der Waals surface area contributed by atoms with Crippen LogP contribution in [0.15, 0.2) is 18.3 Å². The monoisotopic (exact) mass is 391 g/mol. The van der Waals surface area contributed by atoms with Crippen molar-refractivity contribution in [2.75, 3.05) is 28.7 Å². The summed E-state index contributed by atoms with van der Waals surface area (Å²) in [5.74, 6) is -2.10. The zero-order chi connectivity index (χ0) is 20.6. The second kappa shape index (κ2) is 7.57. The molecule has 0 saturated heterocycles. The van der Waals surface area contributed by atoms with Crippen molar-refractivity contribution >= 4 is 29.0 Å². The fraction of sp³-hybridized carbons (Fsp3) is 0.421. The lowest BCUT2D eigenvalue weighted by molar-refractivity contribution is -0.119. The van der Waals surface area contributed by atoms with E-state index >= 15 is 0 Å². The Kier molecular flexibility index (Phi) is 5.35. The lowest BCUT2D eigenvalue weighted by atomic mass is 10.1. The highest BCUT2D eigenvalue weighted by Crippen LogP contribution is 2.35. The predicted molar refractivity (Wildman–Crippen MR) is 103 cm³/mol. The Hall–Kier alpha value is -2.97. The second-order valence-corrected chi connectivity index (χ2v) is 7.27. The molecular weight excluding hydrogens is 368 g/mol. The van der Waals surface area contributed by atoms with E-state index < -0.39 is 17.4 Å². The summed E-state index contributed by atoms with van der Waals surface area (Å²) in [4.78, 5) is 24.6. The number of amides is 1. The molecule has 0 saturated carbocycles. The van der Waals surface area contributed by atoms with Gasteiger partial charge in [-0.05, 0) is 19.3 Å². The number of fused-ring (bicyclic) bond motifs is 1. The van der Waals surface area contributed by atoms with E-state index in [0.717, 1.165) is 18.6 Å². The van der Waals surface area contributed by atoms with Crippen LogP contribution in [-0.2, 0) is 4.79 Å². The SMILES string of the molecule is CC(C)CCN1c2nc(Nc3cc(F)c(O)c(F)c3)ncc2N(C)C(=O)[C@@H]1C. The third kappa shape index (κ3) is 3.69. The highest BCUT2D eigenvalue weighted by Gasteiger charge is 2.35. The maximum atomic E-state index is 13.6. The first-order valence-corrected chi connectivity index (χ1v) is 9.05. The molecule has 1 amide bonds. The molecule has 0 spiro atoms. The largest absolute Gasteiger partial charge is 0.503 e. The van der Waals surface area contributed by atoms with Gasteiger partial charge in [0.15, 0.2) is 23.2 Å². The molecular formula is C19H23F2N5O2. The molecule has 3 rings (SSSR count). The molecule has 2 heterocycles. The van der Waals surface area contributed by atoms with Gasteiger partial charge in [0.2, 0.25) is 11.9 Å². The minimum Gasteiger partial charge on any atom is -0.503 e. The van der Waals surface area contributed by atoms with E-state index in [2.05, 4.69) is 29.1 Å². The molecule has 1 aliphatic heterocycles. The number of halogens is 2. The van der Waals surface area contributed by atoms with Crippen LogP contribution in [0.2, 0.25) is 0 Å². The molecule has 0 radical (unpaired) electrons. The number of phenols is 1. The van der Waals surface area contributed by atoms with Gasteiger partial charge in [0.25, 0.3) is 0 Å². The van der Waals surface area contributed by atoms with E-state index in [1.54, 1.807) is 7.05 Å². The van der Waals surface area contributed by atoms with Gasteiger partial charge in [0.1, 0.15) is 11.7 Å². The third-order valence-electron chi connectivity index (χ3n) is 4.76. The number of hydrogen-bond acceptors (Lipinski definition) is 6. The van der Waals surface area contributed by atoms with Crippen LogP contribution in [0.4, 0.5) is 31.9 Å². The average molecular weight is 391 g/mol. The van der Waals surface area contributed by atoms with Gasteiger partial charge in [-0.25, -0.2) is 13.8 Å². The number of aromatic hydroxyl groups is 1. The van der Waals surface area contributed by atoms with Gasteiger partial charge in [0, 0.05) is 31.4 Å².